The number of carboxylic acids is 1. The summed E-state index contributed by atoms with van der Waals surface area (Å²) in [4.78, 5) is 9.74. The fourth-order valence-electron chi connectivity index (χ4n) is 0.300. The molecule has 0 fully saturated rings. The Morgan fingerprint density at radius 1 is 1.75 bits per heavy atom. The van der Waals surface area contributed by atoms with Crippen LogP contribution >= 0.6 is 11.8 Å². The lowest BCUT2D eigenvalue weighted by molar-refractivity contribution is -0.301. The Kier molecular flexibility index (Phi) is 4.85. The number of carboxylic acid groups (broad SMARTS) is 1. The van der Waals surface area contributed by atoms with E-state index in [-0.39, 0.29) is 5.75 Å². The molecule has 48 valence electrons. The minimum absolute atomic E-state index is 0.133. The molecule has 0 aliphatic carbocycles. The van der Waals surface area contributed by atoms with Crippen molar-refractivity contribution in [1.82, 2.24) is 0 Å². The third kappa shape index (κ3) is 5.82. The minimum atomic E-state index is -0.969. The molecule has 0 saturated heterocycles. The third-order valence-corrected chi connectivity index (χ3v) is 1.71. The van der Waals surface area contributed by atoms with E-state index in [1.54, 1.807) is 0 Å². The number of carbonyl (C=O) groups is 1. The van der Waals surface area contributed by atoms with Crippen molar-refractivity contribution < 1.29 is 9.90 Å². The molecule has 0 N–H and O–H groups in total. The molecule has 0 spiro atoms. The highest BCUT2D eigenvalue weighted by Crippen LogP contribution is 1.98. The summed E-state index contributed by atoms with van der Waals surface area (Å²) in [5.74, 6) is 0.0744. The van der Waals surface area contributed by atoms with Crippen molar-refractivity contribution in [2.75, 3.05) is 11.5 Å². The van der Waals surface area contributed by atoms with Gasteiger partial charge < -0.3 is 9.90 Å². The van der Waals surface area contributed by atoms with Gasteiger partial charge in [-0.05, 0) is 12.2 Å². The monoisotopic (exact) mass is 133 g/mol. The van der Waals surface area contributed by atoms with Crippen molar-refractivity contribution in [3.8, 4) is 0 Å². The zero-order valence-electron chi connectivity index (χ0n) is 4.85. The molecule has 0 amide bonds. The van der Waals surface area contributed by atoms with Gasteiger partial charge in [-0.3, -0.25) is 0 Å². The van der Waals surface area contributed by atoms with Crippen LogP contribution in [0.3, 0.4) is 0 Å². The Hall–Kier alpha value is -0.180. The Morgan fingerprint density at radius 3 is 2.75 bits per heavy atom. The Morgan fingerprint density at radius 2 is 2.38 bits per heavy atom. The van der Waals surface area contributed by atoms with Crippen LogP contribution < -0.4 is 5.11 Å². The predicted molar refractivity (Wildman–Crippen MR) is 32.6 cm³/mol. The standard InChI is InChI=1S/C5H10O2S/c1-2-3-8-4-5(6)7/h2-4H2,1H3,(H,6,7)/p-1. The Labute approximate surface area is 53.3 Å². The zero-order valence-corrected chi connectivity index (χ0v) is 5.66. The van der Waals surface area contributed by atoms with E-state index in [9.17, 15) is 9.90 Å². The summed E-state index contributed by atoms with van der Waals surface area (Å²) in [5, 5.41) is 9.74. The van der Waals surface area contributed by atoms with Crippen molar-refractivity contribution in [3.05, 3.63) is 0 Å². The summed E-state index contributed by atoms with van der Waals surface area (Å²) in [5.41, 5.74) is 0. The molecule has 0 aromatic heterocycles. The SMILES string of the molecule is CCCSCC(=O)[O-]. The summed E-state index contributed by atoms with van der Waals surface area (Å²) in [6.45, 7) is 2.02. The number of aliphatic carboxylic acids is 1. The van der Waals surface area contributed by atoms with Gasteiger partial charge in [-0.25, -0.2) is 0 Å². The van der Waals surface area contributed by atoms with Gasteiger partial charge in [-0.1, -0.05) is 6.92 Å². The van der Waals surface area contributed by atoms with Gasteiger partial charge >= 0.3 is 0 Å². The smallest absolute Gasteiger partial charge is 0.0513 e. The Bertz CT molecular complexity index is 72.8. The summed E-state index contributed by atoms with van der Waals surface area (Å²) in [7, 11) is 0. The second-order valence-electron chi connectivity index (χ2n) is 1.42. The van der Waals surface area contributed by atoms with E-state index in [0.717, 1.165) is 12.2 Å². The third-order valence-electron chi connectivity index (χ3n) is 0.568. The van der Waals surface area contributed by atoms with Gasteiger partial charge in [0.15, 0.2) is 0 Å². The van der Waals surface area contributed by atoms with Crippen LogP contribution in [0.25, 0.3) is 0 Å². The van der Waals surface area contributed by atoms with Crippen LogP contribution in [0.5, 0.6) is 0 Å². The van der Waals surface area contributed by atoms with Crippen LogP contribution in [-0.2, 0) is 4.79 Å². The first-order valence-electron chi connectivity index (χ1n) is 2.55. The average molecular weight is 133 g/mol. The zero-order chi connectivity index (χ0) is 6.41. The van der Waals surface area contributed by atoms with Crippen LogP contribution in [0.1, 0.15) is 13.3 Å². The van der Waals surface area contributed by atoms with E-state index in [1.165, 1.54) is 11.8 Å². The second kappa shape index (κ2) is 4.97. The molecule has 3 heteroatoms. The van der Waals surface area contributed by atoms with E-state index in [2.05, 4.69) is 0 Å². The summed E-state index contributed by atoms with van der Waals surface area (Å²) in [6.07, 6.45) is 1.03. The number of hydrogen-bond donors (Lipinski definition) is 0. The number of hydrogen-bond acceptors (Lipinski definition) is 3. The maximum atomic E-state index is 9.74. The number of thioether (sulfide) groups is 1. The molecule has 0 heterocycles. The average Bonchev–Trinajstić information content (AvgIpc) is 1.66. The van der Waals surface area contributed by atoms with E-state index in [4.69, 9.17) is 0 Å². The van der Waals surface area contributed by atoms with Crippen LogP contribution in [0.15, 0.2) is 0 Å². The minimum Gasteiger partial charge on any atom is -0.549 e. The fraction of sp³-hybridized carbons (Fsp3) is 0.800. The van der Waals surface area contributed by atoms with Crippen molar-refractivity contribution in [2.45, 2.75) is 13.3 Å². The fourth-order valence-corrected chi connectivity index (χ4v) is 0.900. The normalized spacial score (nSPS) is 9.12. The first kappa shape index (κ1) is 7.82. The van der Waals surface area contributed by atoms with Crippen molar-refractivity contribution in [1.29, 1.82) is 0 Å². The lowest BCUT2D eigenvalue weighted by Crippen LogP contribution is -2.24. The number of carbonyl (C=O) groups excluding carboxylic acids is 1. The van der Waals surface area contributed by atoms with Gasteiger partial charge in [0, 0.05) is 5.75 Å². The molecule has 0 unspecified atom stereocenters. The van der Waals surface area contributed by atoms with Gasteiger partial charge in [0.05, 0.1) is 5.97 Å². The molecule has 0 aliphatic rings. The predicted octanol–water partition coefficient (Wildman–Crippen LogP) is -0.121. The van der Waals surface area contributed by atoms with Crippen LogP contribution in [-0.4, -0.2) is 17.5 Å². The molecule has 0 saturated carbocycles. The van der Waals surface area contributed by atoms with Gasteiger partial charge in [0.25, 0.3) is 0 Å². The van der Waals surface area contributed by atoms with Crippen molar-refractivity contribution >= 4 is 17.7 Å². The van der Waals surface area contributed by atoms with E-state index >= 15 is 0 Å². The highest BCUT2D eigenvalue weighted by Gasteiger charge is 1.84. The molecule has 0 atom stereocenters. The molecule has 0 bridgehead atoms. The molecule has 0 aromatic rings. The van der Waals surface area contributed by atoms with Gasteiger partial charge in [-0.15, -0.1) is 0 Å². The van der Waals surface area contributed by atoms with Gasteiger partial charge in [-0.2, -0.15) is 11.8 Å². The van der Waals surface area contributed by atoms with E-state index in [0.29, 0.717) is 0 Å². The van der Waals surface area contributed by atoms with Crippen LogP contribution in [0, 0.1) is 0 Å². The first-order valence-corrected chi connectivity index (χ1v) is 3.70. The Balaban J connectivity index is 2.82. The topological polar surface area (TPSA) is 40.1 Å². The maximum Gasteiger partial charge on any atom is 0.0513 e. The highest BCUT2D eigenvalue weighted by molar-refractivity contribution is 7.99. The van der Waals surface area contributed by atoms with Crippen molar-refractivity contribution in [3.63, 3.8) is 0 Å². The molecule has 0 radical (unpaired) electrons. The summed E-state index contributed by atoms with van der Waals surface area (Å²) < 4.78 is 0. The molecule has 0 aromatic carbocycles. The van der Waals surface area contributed by atoms with E-state index in [1.807, 2.05) is 6.92 Å². The summed E-state index contributed by atoms with van der Waals surface area (Å²) >= 11 is 1.40. The molecular weight excluding hydrogens is 124 g/mol. The highest BCUT2D eigenvalue weighted by atomic mass is 32.2. The van der Waals surface area contributed by atoms with Gasteiger partial charge in [0.2, 0.25) is 0 Å². The molecule has 0 rings (SSSR count). The van der Waals surface area contributed by atoms with Crippen LogP contribution in [0.4, 0.5) is 0 Å². The lowest BCUT2D eigenvalue weighted by Gasteiger charge is -1.97. The molecule has 0 aliphatic heterocycles. The maximum absolute atomic E-state index is 9.74. The quantitative estimate of drug-likeness (QED) is 0.502. The van der Waals surface area contributed by atoms with Crippen molar-refractivity contribution in [2.24, 2.45) is 0 Å². The molecular formula is C5H9O2S-. The molecule has 8 heavy (non-hydrogen) atoms. The first-order chi connectivity index (χ1) is 3.77. The lowest BCUT2D eigenvalue weighted by atomic mass is 10.6. The second-order valence-corrected chi connectivity index (χ2v) is 2.53. The van der Waals surface area contributed by atoms with Crippen LogP contribution in [0.2, 0.25) is 0 Å². The van der Waals surface area contributed by atoms with E-state index < -0.39 is 5.97 Å². The molecule has 2 nitrogen and oxygen atoms in total. The number of rotatable bonds is 4. The largest absolute Gasteiger partial charge is 0.549 e. The van der Waals surface area contributed by atoms with Gasteiger partial charge in [0.1, 0.15) is 0 Å². The summed E-state index contributed by atoms with van der Waals surface area (Å²) in [6, 6.07) is 0.